The highest BCUT2D eigenvalue weighted by Crippen LogP contribution is 2.38. The summed E-state index contributed by atoms with van der Waals surface area (Å²) in [4.78, 5) is 25.0. The SMILES string of the molecule is COc1ccc(C2CC(c3ccc4ccccc4c3)=NN2C(=O)COc2ccc(Br)cc2C=O)cc1OC. The maximum atomic E-state index is 13.5. The molecule has 0 aliphatic carbocycles. The molecule has 4 aromatic carbocycles. The summed E-state index contributed by atoms with van der Waals surface area (Å²) in [6, 6.07) is 24.6. The molecule has 1 heterocycles. The van der Waals surface area contributed by atoms with Gasteiger partial charge in [0.25, 0.3) is 5.91 Å². The Bertz CT molecular complexity index is 1550. The first-order chi connectivity index (χ1) is 18.5. The molecule has 0 saturated heterocycles. The van der Waals surface area contributed by atoms with E-state index in [2.05, 4.69) is 40.2 Å². The molecule has 5 rings (SSSR count). The fraction of sp³-hybridized carbons (Fsp3) is 0.167. The summed E-state index contributed by atoms with van der Waals surface area (Å²) in [5.74, 6) is 1.17. The number of aldehydes is 1. The molecule has 4 aromatic rings. The van der Waals surface area contributed by atoms with Gasteiger partial charge >= 0.3 is 0 Å². The van der Waals surface area contributed by atoms with Crippen LogP contribution in [0.2, 0.25) is 0 Å². The van der Waals surface area contributed by atoms with Gasteiger partial charge in [0.15, 0.2) is 24.4 Å². The Morgan fingerprint density at radius 3 is 2.47 bits per heavy atom. The second kappa shape index (κ2) is 11.1. The van der Waals surface area contributed by atoms with E-state index in [-0.39, 0.29) is 18.6 Å². The maximum absolute atomic E-state index is 13.5. The van der Waals surface area contributed by atoms with Gasteiger partial charge in [-0.3, -0.25) is 9.59 Å². The van der Waals surface area contributed by atoms with Crippen LogP contribution in [0, 0.1) is 0 Å². The Morgan fingerprint density at radius 1 is 0.947 bits per heavy atom. The number of fused-ring (bicyclic) bond motifs is 1. The van der Waals surface area contributed by atoms with Crippen molar-refractivity contribution >= 4 is 44.6 Å². The van der Waals surface area contributed by atoms with Gasteiger partial charge in [0.2, 0.25) is 0 Å². The third-order valence-electron chi connectivity index (χ3n) is 6.49. The number of carbonyl (C=O) groups excluding carboxylic acids is 2. The fourth-order valence-electron chi connectivity index (χ4n) is 4.55. The molecular weight excluding hydrogens is 548 g/mol. The number of hydrogen-bond acceptors (Lipinski definition) is 6. The summed E-state index contributed by atoms with van der Waals surface area (Å²) in [5.41, 5.74) is 2.95. The van der Waals surface area contributed by atoms with E-state index < -0.39 is 0 Å². The topological polar surface area (TPSA) is 77.4 Å². The highest BCUT2D eigenvalue weighted by Gasteiger charge is 2.34. The van der Waals surface area contributed by atoms with Crippen LogP contribution < -0.4 is 14.2 Å². The predicted molar refractivity (Wildman–Crippen MR) is 149 cm³/mol. The third-order valence-corrected chi connectivity index (χ3v) is 6.98. The highest BCUT2D eigenvalue weighted by molar-refractivity contribution is 9.10. The van der Waals surface area contributed by atoms with Gasteiger partial charge in [-0.15, -0.1) is 0 Å². The fourth-order valence-corrected chi connectivity index (χ4v) is 4.93. The van der Waals surface area contributed by atoms with Crippen LogP contribution in [0.15, 0.2) is 88.4 Å². The first kappa shape index (κ1) is 25.5. The summed E-state index contributed by atoms with van der Waals surface area (Å²) in [5, 5.41) is 8.45. The monoisotopic (exact) mass is 572 g/mol. The Labute approximate surface area is 228 Å². The number of amides is 1. The van der Waals surface area contributed by atoms with Crippen molar-refractivity contribution < 1.29 is 23.8 Å². The zero-order chi connectivity index (χ0) is 26.6. The van der Waals surface area contributed by atoms with E-state index in [0.29, 0.717) is 35.5 Å². The van der Waals surface area contributed by atoms with Crippen molar-refractivity contribution in [2.45, 2.75) is 12.5 Å². The zero-order valence-corrected chi connectivity index (χ0v) is 22.5. The lowest BCUT2D eigenvalue weighted by atomic mass is 9.96. The molecule has 1 amide bonds. The first-order valence-corrected chi connectivity index (χ1v) is 12.8. The molecule has 192 valence electrons. The van der Waals surface area contributed by atoms with E-state index in [1.165, 1.54) is 5.01 Å². The average molecular weight is 573 g/mol. The van der Waals surface area contributed by atoms with Crippen LogP contribution in [0.5, 0.6) is 17.2 Å². The molecule has 7 nitrogen and oxygen atoms in total. The minimum absolute atomic E-state index is 0.277. The quantitative estimate of drug-likeness (QED) is 0.235. The lowest BCUT2D eigenvalue weighted by molar-refractivity contribution is -0.135. The lowest BCUT2D eigenvalue weighted by Gasteiger charge is -2.23. The molecular formula is C30H25BrN2O5. The maximum Gasteiger partial charge on any atom is 0.281 e. The number of hydrogen-bond donors (Lipinski definition) is 0. The number of halogens is 1. The molecule has 1 atom stereocenters. The minimum Gasteiger partial charge on any atom is -0.493 e. The first-order valence-electron chi connectivity index (χ1n) is 12.0. The smallest absolute Gasteiger partial charge is 0.281 e. The summed E-state index contributed by atoms with van der Waals surface area (Å²) < 4.78 is 17.4. The summed E-state index contributed by atoms with van der Waals surface area (Å²) >= 11 is 3.34. The van der Waals surface area contributed by atoms with Crippen LogP contribution in [-0.2, 0) is 4.79 Å². The van der Waals surface area contributed by atoms with Gasteiger partial charge in [0.05, 0.1) is 31.5 Å². The summed E-state index contributed by atoms with van der Waals surface area (Å²) in [6.45, 7) is -0.277. The minimum atomic E-state index is -0.372. The lowest BCUT2D eigenvalue weighted by Crippen LogP contribution is -2.31. The van der Waals surface area contributed by atoms with Gasteiger partial charge in [0, 0.05) is 10.9 Å². The number of ether oxygens (including phenoxy) is 3. The number of hydrazone groups is 1. The van der Waals surface area contributed by atoms with Crippen molar-refractivity contribution in [3.8, 4) is 17.2 Å². The molecule has 0 fully saturated rings. The van der Waals surface area contributed by atoms with Crippen molar-refractivity contribution in [3.63, 3.8) is 0 Å². The van der Waals surface area contributed by atoms with Gasteiger partial charge in [-0.1, -0.05) is 58.4 Å². The molecule has 0 N–H and O–H groups in total. The van der Waals surface area contributed by atoms with E-state index in [1.54, 1.807) is 32.4 Å². The normalized spacial score (nSPS) is 14.8. The molecule has 38 heavy (non-hydrogen) atoms. The van der Waals surface area contributed by atoms with Crippen LogP contribution in [0.25, 0.3) is 10.8 Å². The summed E-state index contributed by atoms with van der Waals surface area (Å²) in [7, 11) is 3.16. The second-order valence-corrected chi connectivity index (χ2v) is 9.69. The Hall–Kier alpha value is -4.17. The number of rotatable bonds is 8. The molecule has 1 unspecified atom stereocenters. The molecule has 8 heteroatoms. The number of benzene rings is 4. The Balaban J connectivity index is 1.47. The van der Waals surface area contributed by atoms with Crippen molar-refractivity contribution in [2.24, 2.45) is 5.10 Å². The van der Waals surface area contributed by atoms with Gasteiger partial charge in [-0.2, -0.15) is 5.10 Å². The molecule has 1 aliphatic rings. The van der Waals surface area contributed by atoms with Crippen molar-refractivity contribution in [3.05, 3.63) is 100 Å². The van der Waals surface area contributed by atoms with Crippen LogP contribution in [0.4, 0.5) is 0 Å². The summed E-state index contributed by atoms with van der Waals surface area (Å²) in [6.07, 6.45) is 1.21. The van der Waals surface area contributed by atoms with Crippen LogP contribution >= 0.6 is 15.9 Å². The van der Waals surface area contributed by atoms with Crippen molar-refractivity contribution in [2.75, 3.05) is 20.8 Å². The molecule has 0 aromatic heterocycles. The average Bonchev–Trinajstić information content (AvgIpc) is 3.41. The second-order valence-electron chi connectivity index (χ2n) is 8.77. The highest BCUT2D eigenvalue weighted by atomic mass is 79.9. The molecule has 0 radical (unpaired) electrons. The molecule has 0 spiro atoms. The van der Waals surface area contributed by atoms with Crippen molar-refractivity contribution in [1.29, 1.82) is 0 Å². The molecule has 0 saturated carbocycles. The molecule has 0 bridgehead atoms. The Morgan fingerprint density at radius 2 is 1.71 bits per heavy atom. The van der Waals surface area contributed by atoms with E-state index in [0.717, 1.165) is 32.1 Å². The standard InChI is InChI=1S/C30H25BrN2O5/c1-36-28-11-9-22(15-29(28)37-2)26-16-25(21-8-7-19-5-3-4-6-20(19)13-21)32-33(26)30(35)18-38-27-12-10-24(31)14-23(27)17-34/h3-15,17,26H,16,18H2,1-2H3. The number of methoxy groups -OCH3 is 2. The van der Waals surface area contributed by atoms with E-state index in [1.807, 2.05) is 36.4 Å². The van der Waals surface area contributed by atoms with Crippen LogP contribution in [-0.4, -0.2) is 43.7 Å². The van der Waals surface area contributed by atoms with E-state index >= 15 is 0 Å². The van der Waals surface area contributed by atoms with Crippen LogP contribution in [0.1, 0.15) is 33.9 Å². The Kier molecular flexibility index (Phi) is 7.42. The van der Waals surface area contributed by atoms with Gasteiger partial charge in [0.1, 0.15) is 5.75 Å². The van der Waals surface area contributed by atoms with Gasteiger partial charge < -0.3 is 14.2 Å². The number of carbonyl (C=O) groups is 2. The zero-order valence-electron chi connectivity index (χ0n) is 20.9. The van der Waals surface area contributed by atoms with E-state index in [9.17, 15) is 9.59 Å². The van der Waals surface area contributed by atoms with Crippen molar-refractivity contribution in [1.82, 2.24) is 5.01 Å². The van der Waals surface area contributed by atoms with Crippen LogP contribution in [0.3, 0.4) is 0 Å². The number of nitrogens with zero attached hydrogens (tertiary/aromatic N) is 2. The largest absolute Gasteiger partial charge is 0.493 e. The van der Waals surface area contributed by atoms with Gasteiger partial charge in [-0.05, 0) is 58.3 Å². The predicted octanol–water partition coefficient (Wildman–Crippen LogP) is 6.19. The van der Waals surface area contributed by atoms with E-state index in [4.69, 9.17) is 19.3 Å². The third kappa shape index (κ3) is 5.13. The van der Waals surface area contributed by atoms with Gasteiger partial charge in [-0.25, -0.2) is 5.01 Å². The molecule has 1 aliphatic heterocycles.